The minimum Gasteiger partial charge on any atom is -0.465 e. The summed E-state index contributed by atoms with van der Waals surface area (Å²) in [6.07, 6.45) is 0. The monoisotopic (exact) mass is 237 g/mol. The van der Waals surface area contributed by atoms with Crippen LogP contribution in [0.25, 0.3) is 0 Å². The van der Waals surface area contributed by atoms with E-state index in [9.17, 15) is 9.59 Å². The lowest BCUT2D eigenvalue weighted by molar-refractivity contribution is -0.116. The summed E-state index contributed by atoms with van der Waals surface area (Å²) >= 11 is 0. The molecule has 0 aliphatic carbocycles. The van der Waals surface area contributed by atoms with Gasteiger partial charge in [-0.25, -0.2) is 4.79 Å². The molecule has 92 valence electrons. The van der Waals surface area contributed by atoms with Crippen LogP contribution in [0.5, 0.6) is 0 Å². The Labute approximate surface area is 99.1 Å². The lowest BCUT2D eigenvalue weighted by Gasteiger charge is -2.19. The number of nitrogens with two attached hydrogens (primary N) is 2. The molecule has 0 saturated heterocycles. The van der Waals surface area contributed by atoms with Crippen molar-refractivity contribution >= 4 is 23.3 Å². The number of methoxy groups -OCH3 is 1. The molecule has 1 amide bonds. The van der Waals surface area contributed by atoms with E-state index in [1.165, 1.54) is 7.11 Å². The van der Waals surface area contributed by atoms with Crippen molar-refractivity contribution < 1.29 is 14.3 Å². The summed E-state index contributed by atoms with van der Waals surface area (Å²) in [7, 11) is 2.96. The molecule has 0 aliphatic heterocycles. The van der Waals surface area contributed by atoms with E-state index in [0.717, 1.165) is 0 Å². The van der Waals surface area contributed by atoms with Gasteiger partial charge in [0.2, 0.25) is 5.91 Å². The highest BCUT2D eigenvalue weighted by Crippen LogP contribution is 2.23. The van der Waals surface area contributed by atoms with Crippen LogP contribution in [-0.4, -0.2) is 32.6 Å². The van der Waals surface area contributed by atoms with Crippen LogP contribution in [0.4, 0.5) is 11.4 Å². The fourth-order valence-electron chi connectivity index (χ4n) is 1.44. The fraction of sp³-hybridized carbons (Fsp3) is 0.273. The molecule has 0 unspecified atom stereocenters. The van der Waals surface area contributed by atoms with Crippen molar-refractivity contribution in [1.29, 1.82) is 0 Å². The smallest absolute Gasteiger partial charge is 0.337 e. The molecule has 0 saturated carbocycles. The van der Waals surface area contributed by atoms with Crippen molar-refractivity contribution in [2.75, 3.05) is 31.3 Å². The number of nitrogen functional groups attached to an aromatic ring is 1. The molecule has 6 nitrogen and oxygen atoms in total. The first-order chi connectivity index (χ1) is 7.95. The van der Waals surface area contributed by atoms with Gasteiger partial charge in [0, 0.05) is 7.05 Å². The van der Waals surface area contributed by atoms with E-state index in [-0.39, 0.29) is 6.54 Å². The van der Waals surface area contributed by atoms with E-state index in [4.69, 9.17) is 11.5 Å². The zero-order valence-corrected chi connectivity index (χ0v) is 9.77. The van der Waals surface area contributed by atoms with E-state index in [2.05, 4.69) is 4.74 Å². The molecule has 0 spiro atoms. The summed E-state index contributed by atoms with van der Waals surface area (Å²) < 4.78 is 4.60. The van der Waals surface area contributed by atoms with Gasteiger partial charge in [-0.2, -0.15) is 0 Å². The average Bonchev–Trinajstić information content (AvgIpc) is 2.27. The first-order valence-corrected chi connectivity index (χ1v) is 4.93. The first-order valence-electron chi connectivity index (χ1n) is 4.93. The maximum absolute atomic E-state index is 11.3. The number of nitrogens with zero attached hydrogens (tertiary/aromatic N) is 1. The summed E-state index contributed by atoms with van der Waals surface area (Å²) in [6.45, 7) is 0.0226. The molecule has 0 aliphatic rings. The number of benzene rings is 1. The minimum atomic E-state index is -0.477. The molecule has 0 bridgehead atoms. The summed E-state index contributed by atoms with van der Waals surface area (Å²) in [5, 5.41) is 0. The minimum absolute atomic E-state index is 0.0226. The number of anilines is 2. The highest BCUT2D eigenvalue weighted by atomic mass is 16.5. The van der Waals surface area contributed by atoms with Crippen LogP contribution in [0.3, 0.4) is 0 Å². The van der Waals surface area contributed by atoms with Gasteiger partial charge in [0.05, 0.1) is 30.6 Å². The Balaban J connectivity index is 3.05. The second kappa shape index (κ2) is 5.20. The summed E-state index contributed by atoms with van der Waals surface area (Å²) in [6, 6.07) is 4.70. The second-order valence-electron chi connectivity index (χ2n) is 3.59. The number of primary amides is 1. The largest absolute Gasteiger partial charge is 0.465 e. The molecule has 0 atom stereocenters. The Bertz CT molecular complexity index is 446. The molecule has 1 rings (SSSR count). The highest BCUT2D eigenvalue weighted by Gasteiger charge is 2.12. The van der Waals surface area contributed by atoms with Crippen LogP contribution in [0, 0.1) is 0 Å². The number of carbonyl (C=O) groups excluding carboxylic acids is 2. The van der Waals surface area contributed by atoms with Gasteiger partial charge in [0.25, 0.3) is 0 Å². The lowest BCUT2D eigenvalue weighted by Crippen LogP contribution is -2.31. The van der Waals surface area contributed by atoms with Crippen molar-refractivity contribution in [3.05, 3.63) is 23.8 Å². The Morgan fingerprint density at radius 2 is 2.06 bits per heavy atom. The van der Waals surface area contributed by atoms with Crippen LogP contribution in [0.2, 0.25) is 0 Å². The molecule has 0 fully saturated rings. The quantitative estimate of drug-likeness (QED) is 0.566. The highest BCUT2D eigenvalue weighted by molar-refractivity contribution is 5.92. The average molecular weight is 237 g/mol. The Morgan fingerprint density at radius 3 is 2.59 bits per heavy atom. The number of hydrogen-bond donors (Lipinski definition) is 2. The standard InChI is InChI=1S/C11H15N3O3/c1-14(6-10(13)15)9-5-7(11(16)17-2)3-4-8(9)12/h3-5H,6,12H2,1-2H3,(H2,13,15). The normalized spacial score (nSPS) is 9.76. The van der Waals surface area contributed by atoms with Crippen molar-refractivity contribution in [1.82, 2.24) is 0 Å². The van der Waals surface area contributed by atoms with Gasteiger partial charge in [0.1, 0.15) is 0 Å². The number of carbonyl (C=O) groups is 2. The number of amides is 1. The summed E-state index contributed by atoms with van der Waals surface area (Å²) in [5.41, 5.74) is 12.2. The molecule has 0 aromatic heterocycles. The zero-order chi connectivity index (χ0) is 13.0. The number of rotatable bonds is 4. The van der Waals surface area contributed by atoms with E-state index in [1.807, 2.05) is 0 Å². The molecule has 1 aromatic carbocycles. The van der Waals surface area contributed by atoms with Gasteiger partial charge in [-0.1, -0.05) is 0 Å². The third-order valence-electron chi connectivity index (χ3n) is 2.26. The fourth-order valence-corrected chi connectivity index (χ4v) is 1.44. The van der Waals surface area contributed by atoms with Crippen molar-refractivity contribution in [3.8, 4) is 0 Å². The van der Waals surface area contributed by atoms with Gasteiger partial charge < -0.3 is 21.1 Å². The topological polar surface area (TPSA) is 98.7 Å². The molecule has 0 radical (unpaired) electrons. The number of hydrogen-bond acceptors (Lipinski definition) is 5. The van der Waals surface area contributed by atoms with Gasteiger partial charge in [0.15, 0.2) is 0 Å². The molecular weight excluding hydrogens is 222 g/mol. The van der Waals surface area contributed by atoms with Crippen LogP contribution in [0.1, 0.15) is 10.4 Å². The van der Waals surface area contributed by atoms with Crippen molar-refractivity contribution in [3.63, 3.8) is 0 Å². The molecule has 4 N–H and O–H groups in total. The van der Waals surface area contributed by atoms with Crippen molar-refractivity contribution in [2.24, 2.45) is 5.73 Å². The third-order valence-corrected chi connectivity index (χ3v) is 2.26. The Morgan fingerprint density at radius 1 is 1.41 bits per heavy atom. The van der Waals surface area contributed by atoms with Gasteiger partial charge in [-0.3, -0.25) is 4.79 Å². The predicted molar refractivity (Wildman–Crippen MR) is 64.7 cm³/mol. The van der Waals surface area contributed by atoms with E-state index < -0.39 is 11.9 Å². The molecule has 17 heavy (non-hydrogen) atoms. The van der Waals surface area contributed by atoms with Crippen molar-refractivity contribution in [2.45, 2.75) is 0 Å². The Kier molecular flexibility index (Phi) is 3.92. The third kappa shape index (κ3) is 3.10. The number of likely N-dealkylation sites (N-methyl/N-ethyl adjacent to an activating group) is 1. The van der Waals surface area contributed by atoms with Gasteiger partial charge >= 0.3 is 5.97 Å². The van der Waals surface area contributed by atoms with E-state index >= 15 is 0 Å². The Hall–Kier alpha value is -2.24. The molecule has 6 heteroatoms. The first kappa shape index (κ1) is 12.8. The van der Waals surface area contributed by atoms with Crippen LogP contribution in [0.15, 0.2) is 18.2 Å². The molecule has 1 aromatic rings. The second-order valence-corrected chi connectivity index (χ2v) is 3.59. The zero-order valence-electron chi connectivity index (χ0n) is 9.77. The number of esters is 1. The van der Waals surface area contributed by atoms with Crippen LogP contribution in [-0.2, 0) is 9.53 Å². The maximum atomic E-state index is 11.3. The van der Waals surface area contributed by atoms with Crippen LogP contribution >= 0.6 is 0 Å². The number of ether oxygens (including phenoxy) is 1. The SMILES string of the molecule is COC(=O)c1ccc(N)c(N(C)CC(N)=O)c1. The molecular formula is C11H15N3O3. The van der Waals surface area contributed by atoms with Crippen LogP contribution < -0.4 is 16.4 Å². The molecule has 0 heterocycles. The maximum Gasteiger partial charge on any atom is 0.337 e. The lowest BCUT2D eigenvalue weighted by atomic mass is 10.1. The van der Waals surface area contributed by atoms with E-state index in [0.29, 0.717) is 16.9 Å². The van der Waals surface area contributed by atoms with Gasteiger partial charge in [-0.05, 0) is 18.2 Å². The predicted octanol–water partition coefficient (Wildman–Crippen LogP) is -0.0231. The summed E-state index contributed by atoms with van der Waals surface area (Å²) in [4.78, 5) is 23.7. The summed E-state index contributed by atoms with van der Waals surface area (Å²) in [5.74, 6) is -0.936. The van der Waals surface area contributed by atoms with E-state index in [1.54, 1.807) is 30.1 Å². The van der Waals surface area contributed by atoms with Gasteiger partial charge in [-0.15, -0.1) is 0 Å².